The van der Waals surface area contributed by atoms with Gasteiger partial charge in [-0.05, 0) is 43.3 Å². The lowest BCUT2D eigenvalue weighted by Gasteiger charge is -2.04. The Bertz CT molecular complexity index is 956. The number of aromatic nitrogens is 1. The summed E-state index contributed by atoms with van der Waals surface area (Å²) >= 11 is 6.16. The fourth-order valence-corrected chi connectivity index (χ4v) is 4.21. The summed E-state index contributed by atoms with van der Waals surface area (Å²) < 4.78 is 1.73. The molecule has 0 atom stereocenters. The van der Waals surface area contributed by atoms with Crippen LogP contribution in [0.4, 0.5) is 11.4 Å². The largest absolute Gasteiger partial charge is 0.326 e. The predicted molar refractivity (Wildman–Crippen MR) is 119 cm³/mol. The third-order valence-electron chi connectivity index (χ3n) is 3.66. The maximum Gasteiger partial charge on any atom is 0.234 e. The van der Waals surface area contributed by atoms with E-state index in [1.807, 2.05) is 60.8 Å². The zero-order chi connectivity index (χ0) is 19.9. The number of carbonyl (C=O) groups is 2. The van der Waals surface area contributed by atoms with Gasteiger partial charge in [-0.25, -0.2) is 4.98 Å². The molecule has 144 valence electrons. The van der Waals surface area contributed by atoms with Gasteiger partial charge >= 0.3 is 0 Å². The predicted octanol–water partition coefficient (Wildman–Crippen LogP) is 5.13. The van der Waals surface area contributed by atoms with Crippen LogP contribution in [0.2, 0.25) is 0 Å². The quantitative estimate of drug-likeness (QED) is 0.464. The summed E-state index contributed by atoms with van der Waals surface area (Å²) in [4.78, 5) is 28.6. The van der Waals surface area contributed by atoms with Gasteiger partial charge in [-0.1, -0.05) is 45.4 Å². The van der Waals surface area contributed by atoms with Crippen LogP contribution in [0.1, 0.15) is 11.3 Å². The van der Waals surface area contributed by atoms with Gasteiger partial charge in [-0.3, -0.25) is 9.59 Å². The average molecular weight is 476 g/mol. The first-order chi connectivity index (χ1) is 13.5. The Morgan fingerprint density at radius 3 is 2.29 bits per heavy atom. The van der Waals surface area contributed by atoms with Crippen LogP contribution in [0.25, 0.3) is 0 Å². The third-order valence-corrected chi connectivity index (χ3v) is 6.26. The number of halogens is 1. The maximum absolute atomic E-state index is 12.1. The molecule has 5 nitrogen and oxygen atoms in total. The van der Waals surface area contributed by atoms with Crippen LogP contribution >= 0.6 is 39.0 Å². The Kier molecular flexibility index (Phi) is 7.24. The molecule has 0 saturated heterocycles. The fourth-order valence-electron chi connectivity index (χ4n) is 2.30. The van der Waals surface area contributed by atoms with E-state index in [4.69, 9.17) is 0 Å². The van der Waals surface area contributed by atoms with Gasteiger partial charge < -0.3 is 10.6 Å². The number of hydrogen-bond donors (Lipinski definition) is 2. The molecule has 2 aromatic carbocycles. The van der Waals surface area contributed by atoms with Gasteiger partial charge in [0.15, 0.2) is 4.34 Å². The smallest absolute Gasteiger partial charge is 0.234 e. The molecule has 2 N–H and O–H groups in total. The molecule has 3 rings (SSSR count). The molecule has 0 aliphatic rings. The van der Waals surface area contributed by atoms with Gasteiger partial charge in [-0.2, -0.15) is 0 Å². The molecule has 3 aromatic rings. The fraction of sp³-hybridized carbons (Fsp3) is 0.150. The average Bonchev–Trinajstić information content (AvgIpc) is 3.11. The second-order valence-corrected chi connectivity index (χ2v) is 9.04. The second-order valence-electron chi connectivity index (χ2n) is 6.04. The van der Waals surface area contributed by atoms with Crippen molar-refractivity contribution in [2.45, 2.75) is 17.7 Å². The number of hydrogen-bond acceptors (Lipinski definition) is 5. The topological polar surface area (TPSA) is 71.1 Å². The summed E-state index contributed by atoms with van der Waals surface area (Å²) in [6.45, 7) is 2.00. The Morgan fingerprint density at radius 1 is 1.00 bits per heavy atom. The standard InChI is InChI=1S/C20H18BrN3O2S2/c1-13-2-6-15(7-3-13)23-19(26)12-28-20-24-17(11-27-20)10-18(25)22-16-8-4-14(21)5-9-16/h2-9,11H,10,12H2,1H3,(H,22,25)(H,23,26). The van der Waals surface area contributed by atoms with Gasteiger partial charge in [0, 0.05) is 21.2 Å². The molecule has 28 heavy (non-hydrogen) atoms. The Balaban J connectivity index is 1.45. The van der Waals surface area contributed by atoms with Crippen molar-refractivity contribution in [3.63, 3.8) is 0 Å². The van der Waals surface area contributed by atoms with Crippen LogP contribution in [0, 0.1) is 6.92 Å². The number of rotatable bonds is 7. The van der Waals surface area contributed by atoms with Gasteiger partial charge in [-0.15, -0.1) is 11.3 Å². The van der Waals surface area contributed by atoms with Crippen molar-refractivity contribution in [1.82, 2.24) is 4.98 Å². The highest BCUT2D eigenvalue weighted by atomic mass is 79.9. The number of nitrogens with one attached hydrogen (secondary N) is 2. The third kappa shape index (κ3) is 6.47. The van der Waals surface area contributed by atoms with Crippen LogP contribution in [0.3, 0.4) is 0 Å². The summed E-state index contributed by atoms with van der Waals surface area (Å²) in [5, 5.41) is 7.55. The number of thiazole rings is 1. The van der Waals surface area contributed by atoms with E-state index >= 15 is 0 Å². The lowest BCUT2D eigenvalue weighted by atomic mass is 10.2. The Labute approximate surface area is 180 Å². The second kappa shape index (κ2) is 9.86. The van der Waals surface area contributed by atoms with E-state index in [1.165, 1.54) is 23.1 Å². The molecule has 8 heteroatoms. The van der Waals surface area contributed by atoms with E-state index in [0.717, 1.165) is 25.8 Å². The van der Waals surface area contributed by atoms with Crippen LogP contribution < -0.4 is 10.6 Å². The summed E-state index contributed by atoms with van der Waals surface area (Å²) in [6.07, 6.45) is 0.197. The van der Waals surface area contributed by atoms with Crippen molar-refractivity contribution in [3.8, 4) is 0 Å². The van der Waals surface area contributed by atoms with Crippen LogP contribution in [-0.2, 0) is 16.0 Å². The molecule has 0 bridgehead atoms. The van der Waals surface area contributed by atoms with Crippen LogP contribution in [-0.4, -0.2) is 22.6 Å². The van der Waals surface area contributed by atoms with Gasteiger partial charge in [0.1, 0.15) is 0 Å². The van der Waals surface area contributed by atoms with Gasteiger partial charge in [0.2, 0.25) is 11.8 Å². The highest BCUT2D eigenvalue weighted by molar-refractivity contribution is 9.10. The minimum atomic E-state index is -0.124. The van der Waals surface area contributed by atoms with Crippen LogP contribution in [0.5, 0.6) is 0 Å². The molecule has 0 radical (unpaired) electrons. The number of carbonyl (C=O) groups excluding carboxylic acids is 2. The van der Waals surface area contributed by atoms with Crippen molar-refractivity contribution < 1.29 is 9.59 Å². The summed E-state index contributed by atoms with van der Waals surface area (Å²) in [6, 6.07) is 15.1. The van der Waals surface area contributed by atoms with Crippen molar-refractivity contribution >= 4 is 62.2 Å². The SMILES string of the molecule is Cc1ccc(NC(=O)CSc2nc(CC(=O)Nc3ccc(Br)cc3)cs2)cc1. The molecule has 2 amide bonds. The molecule has 1 heterocycles. The maximum atomic E-state index is 12.1. The van der Waals surface area contributed by atoms with E-state index in [-0.39, 0.29) is 24.0 Å². The van der Waals surface area contributed by atoms with E-state index in [0.29, 0.717) is 5.69 Å². The molecular formula is C20H18BrN3O2S2. The molecular weight excluding hydrogens is 458 g/mol. The van der Waals surface area contributed by atoms with E-state index in [9.17, 15) is 9.59 Å². The first kappa shape index (κ1) is 20.6. The van der Waals surface area contributed by atoms with Gasteiger partial charge in [0.05, 0.1) is 17.9 Å². The molecule has 0 unspecified atom stereocenters. The summed E-state index contributed by atoms with van der Waals surface area (Å²) in [5.41, 5.74) is 3.36. The molecule has 0 aliphatic carbocycles. The minimum absolute atomic E-state index is 0.0846. The first-order valence-corrected chi connectivity index (χ1v) is 11.1. The van der Waals surface area contributed by atoms with E-state index in [2.05, 4.69) is 31.5 Å². The molecule has 0 fully saturated rings. The highest BCUT2D eigenvalue weighted by Crippen LogP contribution is 2.23. The van der Waals surface area contributed by atoms with E-state index < -0.39 is 0 Å². The summed E-state index contributed by atoms with van der Waals surface area (Å²) in [5.74, 6) is 0.0613. The minimum Gasteiger partial charge on any atom is -0.326 e. The van der Waals surface area contributed by atoms with E-state index in [1.54, 1.807) is 0 Å². The number of aryl methyl sites for hydroxylation is 1. The zero-order valence-corrected chi connectivity index (χ0v) is 18.3. The number of anilines is 2. The lowest BCUT2D eigenvalue weighted by molar-refractivity contribution is -0.116. The lowest BCUT2D eigenvalue weighted by Crippen LogP contribution is -2.14. The Hall–Kier alpha value is -2.16. The normalized spacial score (nSPS) is 10.5. The molecule has 0 saturated carbocycles. The molecule has 0 spiro atoms. The first-order valence-electron chi connectivity index (χ1n) is 8.47. The van der Waals surface area contributed by atoms with Crippen molar-refractivity contribution in [1.29, 1.82) is 0 Å². The summed E-state index contributed by atoms with van der Waals surface area (Å²) in [7, 11) is 0. The zero-order valence-electron chi connectivity index (χ0n) is 15.1. The number of nitrogens with zero attached hydrogens (tertiary/aromatic N) is 1. The monoisotopic (exact) mass is 475 g/mol. The number of benzene rings is 2. The molecule has 1 aromatic heterocycles. The highest BCUT2D eigenvalue weighted by Gasteiger charge is 2.10. The number of amides is 2. The van der Waals surface area contributed by atoms with Gasteiger partial charge in [0.25, 0.3) is 0 Å². The van der Waals surface area contributed by atoms with Crippen molar-refractivity contribution in [2.24, 2.45) is 0 Å². The van der Waals surface area contributed by atoms with Crippen LogP contribution in [0.15, 0.2) is 62.7 Å². The Morgan fingerprint density at radius 2 is 1.61 bits per heavy atom. The molecule has 0 aliphatic heterocycles. The van der Waals surface area contributed by atoms with Crippen molar-refractivity contribution in [2.75, 3.05) is 16.4 Å². The van der Waals surface area contributed by atoms with Crippen molar-refractivity contribution in [3.05, 3.63) is 69.6 Å². The number of thioether (sulfide) groups is 1.